The van der Waals surface area contributed by atoms with Crippen LogP contribution < -0.4 is 4.72 Å². The first-order valence-electron chi connectivity index (χ1n) is 18.9. The van der Waals surface area contributed by atoms with Gasteiger partial charge in [0.05, 0.1) is 41.1 Å². The second-order valence-electron chi connectivity index (χ2n) is 14.2. The number of fused-ring (bicyclic) bond motifs is 1. The van der Waals surface area contributed by atoms with E-state index in [1.165, 1.54) is 0 Å². The molecule has 8 nitrogen and oxygen atoms in total. The Kier molecular flexibility index (Phi) is 13.3. The Hall–Kier alpha value is -4.04. The van der Waals surface area contributed by atoms with Crippen molar-refractivity contribution in [3.63, 3.8) is 0 Å². The number of benzene rings is 5. The highest BCUT2D eigenvalue weighted by Crippen LogP contribution is 2.40. The molecule has 0 spiro atoms. The van der Waals surface area contributed by atoms with Crippen molar-refractivity contribution in [1.29, 1.82) is 0 Å². The second kappa shape index (κ2) is 18.5. The van der Waals surface area contributed by atoms with Crippen molar-refractivity contribution in [3.05, 3.63) is 175 Å². The number of sulfonamides is 1. The highest BCUT2D eigenvalue weighted by Gasteiger charge is 2.27. The summed E-state index contributed by atoms with van der Waals surface area (Å²) in [5.74, 6) is -1.05. The smallest absolute Gasteiger partial charge is 0.335 e. The lowest BCUT2D eigenvalue weighted by Gasteiger charge is -2.27. The zero-order chi connectivity index (χ0) is 39.1. The number of aryl methyl sites for hydroxylation is 2. The van der Waals surface area contributed by atoms with Gasteiger partial charge in [0.25, 0.3) is 0 Å². The molecule has 1 aliphatic rings. The van der Waals surface area contributed by atoms with Gasteiger partial charge < -0.3 is 14.4 Å². The first-order valence-corrected chi connectivity index (χ1v) is 22.1. The Balaban J connectivity index is 1.24. The molecule has 6 aromatic rings. The number of carboxylic acid groups (broad SMARTS) is 1. The minimum Gasteiger partial charge on any atom is -0.478 e. The van der Waals surface area contributed by atoms with Gasteiger partial charge in [-0.2, -0.15) is 0 Å². The molecule has 0 radical (unpaired) electrons. The predicted molar refractivity (Wildman–Crippen MR) is 232 cm³/mol. The van der Waals surface area contributed by atoms with Gasteiger partial charge in [-0.25, -0.2) is 17.9 Å². The number of carboxylic acids is 1. The van der Waals surface area contributed by atoms with Crippen LogP contribution in [0.5, 0.6) is 0 Å². The van der Waals surface area contributed by atoms with E-state index in [0.717, 1.165) is 79.5 Å². The summed E-state index contributed by atoms with van der Waals surface area (Å²) in [4.78, 5) is 13.8. The summed E-state index contributed by atoms with van der Waals surface area (Å²) in [5, 5.41) is 11.1. The quantitative estimate of drug-likeness (QED) is 0.0943. The Labute approximate surface area is 347 Å². The minimum atomic E-state index is -3.69. The van der Waals surface area contributed by atoms with Crippen molar-refractivity contribution >= 4 is 61.1 Å². The summed E-state index contributed by atoms with van der Waals surface area (Å²) in [7, 11) is -3.69. The summed E-state index contributed by atoms with van der Waals surface area (Å²) < 4.78 is 39.5. The van der Waals surface area contributed by atoms with E-state index in [2.05, 4.69) is 91.4 Å². The topological polar surface area (TPSA) is 101 Å². The van der Waals surface area contributed by atoms with Crippen molar-refractivity contribution in [2.24, 2.45) is 0 Å². The molecule has 2 heterocycles. The molecule has 1 aliphatic heterocycles. The van der Waals surface area contributed by atoms with E-state index in [4.69, 9.17) is 16.3 Å². The van der Waals surface area contributed by atoms with Crippen molar-refractivity contribution in [1.82, 2.24) is 14.2 Å². The summed E-state index contributed by atoms with van der Waals surface area (Å²) in [6, 6.07) is 39.5. The van der Waals surface area contributed by atoms with Gasteiger partial charge in [0.2, 0.25) is 10.0 Å². The van der Waals surface area contributed by atoms with Gasteiger partial charge in [-0.1, -0.05) is 109 Å². The fourth-order valence-corrected chi connectivity index (χ4v) is 9.92. The third-order valence-corrected chi connectivity index (χ3v) is 13.6. The molecule has 56 heavy (non-hydrogen) atoms. The first-order chi connectivity index (χ1) is 27.2. The maximum Gasteiger partial charge on any atom is 0.335 e. The predicted octanol–water partition coefficient (Wildman–Crippen LogP) is 8.90. The fourth-order valence-electron chi connectivity index (χ4n) is 7.78. The van der Waals surface area contributed by atoms with Gasteiger partial charge in [-0.15, -0.1) is 0 Å². The maximum atomic E-state index is 13.8. The van der Waals surface area contributed by atoms with Crippen LogP contribution in [-0.4, -0.2) is 61.8 Å². The zero-order valence-corrected chi connectivity index (χ0v) is 34.8. The molecule has 11 heteroatoms. The molecule has 1 fully saturated rings. The lowest BCUT2D eigenvalue weighted by molar-refractivity contribution is 0.0341. The molecule has 0 atom stereocenters. The molecule has 1 aromatic heterocycles. The average molecular weight is 902 g/mol. The lowest BCUT2D eigenvalue weighted by atomic mass is 9.97. The van der Waals surface area contributed by atoms with Crippen LogP contribution in [0.2, 0.25) is 5.02 Å². The number of nitrogens with one attached hydrogen (secondary N) is 1. The molecule has 7 rings (SSSR count). The number of hydrogen-bond acceptors (Lipinski definition) is 5. The Bertz CT molecular complexity index is 2340. The summed E-state index contributed by atoms with van der Waals surface area (Å²) in [6.07, 6.45) is 2.72. The number of ether oxygens (including phenoxy) is 1. The SMILES string of the molecule is O=C(O)c1ccc(CCCc2c(CCNS(=O)(=O)Cc3ccccc3CN3CCOCC3)n(C(c3ccccc3)c3ccccc3)c3ccc(Cl)c(I)c23)cc1. The third kappa shape index (κ3) is 9.55. The normalized spacial score (nSPS) is 13.8. The number of carbonyl (C=O) groups is 1. The third-order valence-electron chi connectivity index (χ3n) is 10.5. The molecule has 0 unspecified atom stereocenters. The van der Waals surface area contributed by atoms with Crippen molar-refractivity contribution < 1.29 is 23.1 Å². The maximum absolute atomic E-state index is 13.8. The second-order valence-corrected chi connectivity index (χ2v) is 17.5. The number of aromatic nitrogens is 1. The van der Waals surface area contributed by atoms with E-state index >= 15 is 0 Å². The van der Waals surface area contributed by atoms with E-state index in [9.17, 15) is 18.3 Å². The Morgan fingerprint density at radius 1 is 0.804 bits per heavy atom. The Morgan fingerprint density at radius 3 is 2.07 bits per heavy atom. The summed E-state index contributed by atoms with van der Waals surface area (Å²) >= 11 is 9.20. The largest absolute Gasteiger partial charge is 0.478 e. The number of rotatable bonds is 16. The number of hydrogen-bond donors (Lipinski definition) is 2. The fraction of sp³-hybridized carbons (Fsp3) is 0.267. The Morgan fingerprint density at radius 2 is 1.43 bits per heavy atom. The number of aromatic carboxylic acids is 1. The van der Waals surface area contributed by atoms with Crippen LogP contribution in [0.15, 0.2) is 121 Å². The highest BCUT2D eigenvalue weighted by molar-refractivity contribution is 14.1. The van der Waals surface area contributed by atoms with Crippen LogP contribution in [0.3, 0.4) is 0 Å². The minimum absolute atomic E-state index is 0.103. The average Bonchev–Trinajstić information content (AvgIpc) is 3.51. The molecule has 2 N–H and O–H groups in total. The standard InChI is InChI=1S/C45H45ClIN3O5S/c46-39-22-23-41-42(43(39)47)38(17-9-10-32-18-20-35(21-19-32)45(51)52)40(50(41)44(33-11-3-1-4-12-33)34-13-5-2-6-14-34)24-25-48-56(53,54)31-37-16-8-7-15-36(37)30-49-26-28-55-29-27-49/h1-8,11-16,18-23,44,48H,9-10,17,24-31H2,(H,51,52). The molecule has 0 bridgehead atoms. The van der Waals surface area contributed by atoms with Crippen molar-refractivity contribution in [2.45, 2.75) is 44.0 Å². The van der Waals surface area contributed by atoms with Gasteiger partial charge >= 0.3 is 5.97 Å². The summed E-state index contributed by atoms with van der Waals surface area (Å²) in [6.45, 7) is 3.91. The zero-order valence-electron chi connectivity index (χ0n) is 31.0. The number of nitrogens with zero attached hydrogens (tertiary/aromatic N) is 2. The van der Waals surface area contributed by atoms with Gasteiger partial charge in [0.1, 0.15) is 0 Å². The summed E-state index contributed by atoms with van der Waals surface area (Å²) in [5.41, 5.74) is 8.59. The van der Waals surface area contributed by atoms with Crippen LogP contribution in [0.4, 0.5) is 0 Å². The van der Waals surface area contributed by atoms with Gasteiger partial charge in [-0.3, -0.25) is 4.90 Å². The monoisotopic (exact) mass is 901 g/mol. The van der Waals surface area contributed by atoms with Crippen molar-refractivity contribution in [3.8, 4) is 0 Å². The van der Waals surface area contributed by atoms with E-state index in [1.807, 2.05) is 54.6 Å². The molecule has 290 valence electrons. The van der Waals surface area contributed by atoms with Crippen LogP contribution >= 0.6 is 34.2 Å². The van der Waals surface area contributed by atoms with Gasteiger partial charge in [-0.05, 0) is 99.5 Å². The highest BCUT2D eigenvalue weighted by atomic mass is 127. The van der Waals surface area contributed by atoms with Gasteiger partial charge in [0, 0.05) is 47.3 Å². The van der Waals surface area contributed by atoms with E-state index in [0.29, 0.717) is 37.6 Å². The molecular weight excluding hydrogens is 857 g/mol. The van der Waals surface area contributed by atoms with Crippen LogP contribution in [0, 0.1) is 3.57 Å². The lowest BCUT2D eigenvalue weighted by Crippen LogP contribution is -2.36. The molecule has 1 saturated heterocycles. The van der Waals surface area contributed by atoms with Gasteiger partial charge in [0.15, 0.2) is 0 Å². The number of morpholine rings is 1. The van der Waals surface area contributed by atoms with Crippen LogP contribution in [-0.2, 0) is 46.3 Å². The first kappa shape index (κ1) is 40.2. The van der Waals surface area contributed by atoms with E-state index in [-0.39, 0.29) is 23.9 Å². The molecule has 0 amide bonds. The van der Waals surface area contributed by atoms with Crippen molar-refractivity contribution in [2.75, 3.05) is 32.8 Å². The molecule has 0 aliphatic carbocycles. The van der Waals surface area contributed by atoms with E-state index in [1.54, 1.807) is 12.1 Å². The number of halogens is 2. The van der Waals surface area contributed by atoms with Crippen LogP contribution in [0.1, 0.15) is 61.9 Å². The van der Waals surface area contributed by atoms with Crippen LogP contribution in [0.25, 0.3) is 10.9 Å². The molecule has 0 saturated carbocycles. The molecular formula is C45H45ClIN3O5S. The van der Waals surface area contributed by atoms with E-state index < -0.39 is 16.0 Å². The molecule has 5 aromatic carbocycles.